The summed E-state index contributed by atoms with van der Waals surface area (Å²) in [7, 11) is 0. The van der Waals surface area contributed by atoms with E-state index in [0.29, 0.717) is 23.3 Å². The van der Waals surface area contributed by atoms with Crippen LogP contribution in [0, 0.1) is 0 Å². The summed E-state index contributed by atoms with van der Waals surface area (Å²) >= 11 is 0. The molecule has 0 saturated carbocycles. The molecule has 0 bridgehead atoms. The first-order valence-corrected chi connectivity index (χ1v) is 8.08. The molecule has 0 aliphatic rings. The number of imidazole rings is 1. The number of fused-ring (bicyclic) bond motifs is 1. The first kappa shape index (κ1) is 16.1. The molecule has 6 heteroatoms. The highest BCUT2D eigenvalue weighted by molar-refractivity contribution is 5.80. The van der Waals surface area contributed by atoms with E-state index in [4.69, 9.17) is 9.15 Å². The van der Waals surface area contributed by atoms with Gasteiger partial charge in [-0.25, -0.2) is 9.78 Å². The van der Waals surface area contributed by atoms with Gasteiger partial charge in [-0.2, -0.15) is 0 Å². The fraction of sp³-hybridized carbons (Fsp3) is 0.333. The van der Waals surface area contributed by atoms with Crippen LogP contribution < -0.4 is 10.4 Å². The van der Waals surface area contributed by atoms with E-state index < -0.39 is 5.63 Å². The monoisotopic (exact) mass is 328 g/mol. The standard InChI is InChI=1S/C18H20N2O4/c21-15-11-14-5-6-18(22)24-16(14)12-17(15)23-10-4-2-1-3-8-20-9-7-19-13-20/h5-7,9,11-13,21H,1-4,8,10H2. The maximum atomic E-state index is 11.3. The van der Waals surface area contributed by atoms with Crippen LogP contribution >= 0.6 is 0 Å². The minimum absolute atomic E-state index is 0.0523. The number of aromatic hydroxyl groups is 1. The summed E-state index contributed by atoms with van der Waals surface area (Å²) in [6.07, 6.45) is 9.74. The number of aromatic nitrogens is 2. The van der Waals surface area contributed by atoms with Crippen LogP contribution in [0.3, 0.4) is 0 Å². The first-order chi connectivity index (χ1) is 11.7. The molecule has 1 aromatic carbocycles. The van der Waals surface area contributed by atoms with E-state index >= 15 is 0 Å². The van der Waals surface area contributed by atoms with Gasteiger partial charge >= 0.3 is 5.63 Å². The summed E-state index contributed by atoms with van der Waals surface area (Å²) in [5.41, 5.74) is -0.00679. The van der Waals surface area contributed by atoms with Crippen LogP contribution in [0.5, 0.6) is 11.5 Å². The van der Waals surface area contributed by atoms with Crippen molar-refractivity contribution in [1.29, 1.82) is 0 Å². The second kappa shape index (κ2) is 7.68. The lowest BCUT2D eigenvalue weighted by Crippen LogP contribution is -2.00. The third kappa shape index (κ3) is 4.16. The summed E-state index contributed by atoms with van der Waals surface area (Å²) in [6.45, 7) is 1.49. The molecule has 0 unspecified atom stereocenters. The van der Waals surface area contributed by atoms with E-state index in [9.17, 15) is 9.90 Å². The molecule has 3 aromatic rings. The van der Waals surface area contributed by atoms with E-state index in [2.05, 4.69) is 9.55 Å². The van der Waals surface area contributed by atoms with Crippen LogP contribution in [0.4, 0.5) is 0 Å². The van der Waals surface area contributed by atoms with Crippen molar-refractivity contribution in [3.8, 4) is 11.5 Å². The topological polar surface area (TPSA) is 77.5 Å². The van der Waals surface area contributed by atoms with Gasteiger partial charge in [-0.3, -0.25) is 0 Å². The summed E-state index contributed by atoms with van der Waals surface area (Å²) in [5, 5.41) is 10.6. The SMILES string of the molecule is O=c1ccc2cc(O)c(OCCCCCCn3ccnc3)cc2o1. The van der Waals surface area contributed by atoms with Gasteiger partial charge in [-0.1, -0.05) is 12.8 Å². The van der Waals surface area contributed by atoms with Gasteiger partial charge in [-0.05, 0) is 25.0 Å². The molecule has 2 aromatic heterocycles. The maximum absolute atomic E-state index is 11.3. The number of phenolic OH excluding ortho intramolecular Hbond substituents is 1. The number of ether oxygens (including phenoxy) is 1. The fourth-order valence-electron chi connectivity index (χ4n) is 2.55. The quantitative estimate of drug-likeness (QED) is 0.507. The predicted molar refractivity (Wildman–Crippen MR) is 90.3 cm³/mol. The summed E-state index contributed by atoms with van der Waals surface area (Å²) in [4.78, 5) is 15.3. The van der Waals surface area contributed by atoms with Crippen LogP contribution in [-0.2, 0) is 6.54 Å². The van der Waals surface area contributed by atoms with Crippen LogP contribution in [0.15, 0.2) is 52.2 Å². The highest BCUT2D eigenvalue weighted by Crippen LogP contribution is 2.30. The highest BCUT2D eigenvalue weighted by Gasteiger charge is 2.07. The Bertz CT molecular complexity index is 840. The lowest BCUT2D eigenvalue weighted by atomic mass is 10.2. The van der Waals surface area contributed by atoms with Crippen molar-refractivity contribution < 1.29 is 14.3 Å². The molecular weight excluding hydrogens is 308 g/mol. The van der Waals surface area contributed by atoms with Crippen LogP contribution in [0.2, 0.25) is 0 Å². The lowest BCUT2D eigenvalue weighted by Gasteiger charge is -2.09. The zero-order chi connectivity index (χ0) is 16.8. The largest absolute Gasteiger partial charge is 0.504 e. The lowest BCUT2D eigenvalue weighted by molar-refractivity contribution is 0.288. The Morgan fingerprint density at radius 1 is 1.17 bits per heavy atom. The highest BCUT2D eigenvalue weighted by atomic mass is 16.5. The van der Waals surface area contributed by atoms with E-state index in [1.807, 2.05) is 12.5 Å². The number of nitrogens with zero attached hydrogens (tertiary/aromatic N) is 2. The smallest absolute Gasteiger partial charge is 0.336 e. The van der Waals surface area contributed by atoms with Crippen molar-refractivity contribution in [2.24, 2.45) is 0 Å². The molecule has 126 valence electrons. The normalized spacial score (nSPS) is 11.0. The maximum Gasteiger partial charge on any atom is 0.336 e. The van der Waals surface area contributed by atoms with Gasteiger partial charge in [0.2, 0.25) is 0 Å². The fourth-order valence-corrected chi connectivity index (χ4v) is 2.55. The Morgan fingerprint density at radius 2 is 2.04 bits per heavy atom. The minimum atomic E-state index is -0.419. The Labute approximate surface area is 139 Å². The predicted octanol–water partition coefficient (Wildman–Crippen LogP) is 3.33. The molecule has 6 nitrogen and oxygen atoms in total. The first-order valence-electron chi connectivity index (χ1n) is 8.08. The average molecular weight is 328 g/mol. The Balaban J connectivity index is 1.43. The molecule has 0 fully saturated rings. The Kier molecular flexibility index (Phi) is 5.15. The molecule has 0 saturated heterocycles. The van der Waals surface area contributed by atoms with Gasteiger partial charge in [0.05, 0.1) is 12.9 Å². The Hall–Kier alpha value is -2.76. The molecule has 0 amide bonds. The molecule has 0 radical (unpaired) electrons. The van der Waals surface area contributed by atoms with Gasteiger partial charge in [-0.15, -0.1) is 0 Å². The molecule has 0 spiro atoms. The average Bonchev–Trinajstić information content (AvgIpc) is 3.08. The molecule has 0 aliphatic heterocycles. The minimum Gasteiger partial charge on any atom is -0.504 e. The third-order valence-corrected chi connectivity index (χ3v) is 3.83. The van der Waals surface area contributed by atoms with E-state index in [1.165, 1.54) is 6.07 Å². The van der Waals surface area contributed by atoms with Gasteiger partial charge < -0.3 is 18.8 Å². The summed E-state index contributed by atoms with van der Waals surface area (Å²) in [6, 6.07) is 6.04. The molecule has 2 heterocycles. The van der Waals surface area contributed by atoms with Crippen LogP contribution in [0.1, 0.15) is 25.7 Å². The van der Waals surface area contributed by atoms with Gasteiger partial charge in [0.1, 0.15) is 5.58 Å². The molecule has 24 heavy (non-hydrogen) atoms. The zero-order valence-corrected chi connectivity index (χ0v) is 13.4. The van der Waals surface area contributed by atoms with Crippen molar-refractivity contribution in [2.45, 2.75) is 32.2 Å². The number of phenols is 1. The second-order valence-corrected chi connectivity index (χ2v) is 5.68. The number of aryl methyl sites for hydroxylation is 1. The number of hydrogen-bond donors (Lipinski definition) is 1. The second-order valence-electron chi connectivity index (χ2n) is 5.68. The van der Waals surface area contributed by atoms with Gasteiger partial charge in [0.25, 0.3) is 0 Å². The number of rotatable bonds is 8. The van der Waals surface area contributed by atoms with Gasteiger partial charge in [0, 0.05) is 36.5 Å². The van der Waals surface area contributed by atoms with Crippen molar-refractivity contribution >= 4 is 11.0 Å². The molecule has 0 aliphatic carbocycles. The van der Waals surface area contributed by atoms with Crippen molar-refractivity contribution in [1.82, 2.24) is 9.55 Å². The van der Waals surface area contributed by atoms with Crippen LogP contribution in [0.25, 0.3) is 11.0 Å². The van der Waals surface area contributed by atoms with E-state index in [0.717, 1.165) is 32.2 Å². The van der Waals surface area contributed by atoms with Crippen molar-refractivity contribution in [3.63, 3.8) is 0 Å². The van der Waals surface area contributed by atoms with E-state index in [-0.39, 0.29) is 5.75 Å². The third-order valence-electron chi connectivity index (χ3n) is 3.83. The van der Waals surface area contributed by atoms with Crippen LogP contribution in [-0.4, -0.2) is 21.3 Å². The van der Waals surface area contributed by atoms with Crippen molar-refractivity contribution in [3.05, 3.63) is 53.4 Å². The molecule has 1 N–H and O–H groups in total. The number of hydrogen-bond acceptors (Lipinski definition) is 5. The molecule has 0 atom stereocenters. The Morgan fingerprint density at radius 3 is 2.88 bits per heavy atom. The van der Waals surface area contributed by atoms with E-state index in [1.54, 1.807) is 24.4 Å². The number of benzene rings is 1. The zero-order valence-electron chi connectivity index (χ0n) is 13.4. The van der Waals surface area contributed by atoms with Crippen molar-refractivity contribution in [2.75, 3.05) is 6.61 Å². The summed E-state index contributed by atoms with van der Waals surface area (Å²) < 4.78 is 12.8. The van der Waals surface area contributed by atoms with Gasteiger partial charge in [0.15, 0.2) is 11.5 Å². The number of unbranched alkanes of at least 4 members (excludes halogenated alkanes) is 3. The molecule has 3 rings (SSSR count). The summed E-state index contributed by atoms with van der Waals surface area (Å²) in [5.74, 6) is 0.395. The molecular formula is C18H20N2O4.